The molecule has 0 saturated heterocycles. The number of methoxy groups -OCH3 is 3. The van der Waals surface area contributed by atoms with Crippen molar-refractivity contribution in [3.05, 3.63) is 71.8 Å². The first-order chi connectivity index (χ1) is 17.3. The first-order valence-electron chi connectivity index (χ1n) is 11.6. The molecular weight excluding hydrogens is 480 g/mol. The topological polar surface area (TPSA) is 94.2 Å². The van der Waals surface area contributed by atoms with Gasteiger partial charge < -0.3 is 19.5 Å². The first kappa shape index (κ1) is 26.9. The van der Waals surface area contributed by atoms with Gasteiger partial charge in [0.2, 0.25) is 5.91 Å². The van der Waals surface area contributed by atoms with Gasteiger partial charge in [0.25, 0.3) is 10.0 Å². The molecule has 9 heteroatoms. The summed E-state index contributed by atoms with van der Waals surface area (Å²) in [7, 11) is 0.272. The molecule has 1 amide bonds. The average Bonchev–Trinajstić information content (AvgIpc) is 2.91. The second-order valence-corrected chi connectivity index (χ2v) is 9.80. The number of benzene rings is 3. The predicted octanol–water partition coefficient (Wildman–Crippen LogP) is 4.67. The van der Waals surface area contributed by atoms with E-state index in [1.807, 2.05) is 32.0 Å². The monoisotopic (exact) mass is 512 g/mol. The Labute approximate surface area is 212 Å². The zero-order chi connectivity index (χ0) is 26.3. The standard InChI is InChI=1S/C27H32N2O6S/c1-6-19-9-8-10-20(7-2)27(19)28-26(30)18-29(21-11-13-22(33-3)14-12-21)36(31,32)23-15-16-24(34-4)25(17-23)35-5/h8-17H,6-7,18H2,1-5H3,(H,28,30). The molecule has 1 N–H and O–H groups in total. The van der Waals surface area contributed by atoms with Gasteiger partial charge in [0.05, 0.1) is 31.9 Å². The number of rotatable bonds is 11. The number of carbonyl (C=O) groups is 1. The van der Waals surface area contributed by atoms with E-state index in [-0.39, 0.29) is 10.6 Å². The summed E-state index contributed by atoms with van der Waals surface area (Å²) in [5.41, 5.74) is 3.02. The number of aryl methyl sites for hydroxylation is 2. The van der Waals surface area contributed by atoms with Crippen molar-refractivity contribution in [3.63, 3.8) is 0 Å². The smallest absolute Gasteiger partial charge is 0.264 e. The molecule has 0 atom stereocenters. The molecule has 0 aliphatic rings. The Morgan fingerprint density at radius 1 is 0.833 bits per heavy atom. The van der Waals surface area contributed by atoms with Gasteiger partial charge >= 0.3 is 0 Å². The molecule has 0 aromatic heterocycles. The molecular formula is C27H32N2O6S. The van der Waals surface area contributed by atoms with Crippen molar-refractivity contribution in [3.8, 4) is 17.2 Å². The van der Waals surface area contributed by atoms with Gasteiger partial charge in [-0.15, -0.1) is 0 Å². The van der Waals surface area contributed by atoms with Crippen LogP contribution in [0.4, 0.5) is 11.4 Å². The molecule has 3 aromatic carbocycles. The van der Waals surface area contributed by atoms with Crippen molar-refractivity contribution in [1.82, 2.24) is 0 Å². The summed E-state index contributed by atoms with van der Waals surface area (Å²) in [5.74, 6) is 0.775. The molecule has 0 unspecified atom stereocenters. The van der Waals surface area contributed by atoms with Gasteiger partial charge in [0.1, 0.15) is 12.3 Å². The second-order valence-electron chi connectivity index (χ2n) is 7.93. The van der Waals surface area contributed by atoms with Crippen LogP contribution >= 0.6 is 0 Å². The van der Waals surface area contributed by atoms with Crippen LogP contribution in [0, 0.1) is 0 Å². The number of para-hydroxylation sites is 1. The van der Waals surface area contributed by atoms with Crippen molar-refractivity contribution in [2.24, 2.45) is 0 Å². The molecule has 0 radical (unpaired) electrons. The molecule has 0 aliphatic carbocycles. The lowest BCUT2D eigenvalue weighted by atomic mass is 10.0. The van der Waals surface area contributed by atoms with Crippen LogP contribution in [0.3, 0.4) is 0 Å². The molecule has 0 spiro atoms. The van der Waals surface area contributed by atoms with Crippen LogP contribution in [0.2, 0.25) is 0 Å². The minimum absolute atomic E-state index is 0.0352. The zero-order valence-electron chi connectivity index (χ0n) is 21.2. The highest BCUT2D eigenvalue weighted by Crippen LogP contribution is 2.33. The van der Waals surface area contributed by atoms with Gasteiger partial charge in [-0.3, -0.25) is 9.10 Å². The number of sulfonamides is 1. The van der Waals surface area contributed by atoms with E-state index < -0.39 is 22.5 Å². The van der Waals surface area contributed by atoms with Gasteiger partial charge in [-0.05, 0) is 60.4 Å². The van der Waals surface area contributed by atoms with E-state index in [0.717, 1.165) is 34.0 Å². The van der Waals surface area contributed by atoms with E-state index in [0.29, 0.717) is 17.2 Å². The average molecular weight is 513 g/mol. The number of nitrogens with zero attached hydrogens (tertiary/aromatic N) is 1. The maximum Gasteiger partial charge on any atom is 0.264 e. The first-order valence-corrected chi connectivity index (χ1v) is 13.0. The van der Waals surface area contributed by atoms with E-state index in [2.05, 4.69) is 5.32 Å². The fraction of sp³-hybridized carbons (Fsp3) is 0.296. The van der Waals surface area contributed by atoms with E-state index >= 15 is 0 Å². The molecule has 36 heavy (non-hydrogen) atoms. The van der Waals surface area contributed by atoms with Crippen LogP contribution in [0.15, 0.2) is 65.6 Å². The lowest BCUT2D eigenvalue weighted by Gasteiger charge is -2.25. The minimum atomic E-state index is -4.15. The number of ether oxygens (including phenoxy) is 3. The third-order valence-electron chi connectivity index (χ3n) is 5.85. The summed E-state index contributed by atoms with van der Waals surface area (Å²) >= 11 is 0. The fourth-order valence-corrected chi connectivity index (χ4v) is 5.32. The highest BCUT2D eigenvalue weighted by atomic mass is 32.2. The summed E-state index contributed by atoms with van der Waals surface area (Å²) in [6, 6.07) is 16.7. The van der Waals surface area contributed by atoms with Gasteiger partial charge in [-0.1, -0.05) is 32.0 Å². The van der Waals surface area contributed by atoms with E-state index in [1.54, 1.807) is 24.3 Å². The molecule has 3 rings (SSSR count). The second kappa shape index (κ2) is 11.8. The maximum atomic E-state index is 13.8. The number of carbonyl (C=O) groups excluding carboxylic acids is 1. The molecule has 0 aliphatic heterocycles. The SMILES string of the molecule is CCc1cccc(CC)c1NC(=O)CN(c1ccc(OC)cc1)S(=O)(=O)c1ccc(OC)c(OC)c1. The van der Waals surface area contributed by atoms with Crippen molar-refractivity contribution >= 4 is 27.3 Å². The van der Waals surface area contributed by atoms with E-state index in [9.17, 15) is 13.2 Å². The van der Waals surface area contributed by atoms with Gasteiger partial charge in [0.15, 0.2) is 11.5 Å². The molecule has 0 bridgehead atoms. The lowest BCUT2D eigenvalue weighted by Crippen LogP contribution is -2.38. The lowest BCUT2D eigenvalue weighted by molar-refractivity contribution is -0.114. The summed E-state index contributed by atoms with van der Waals surface area (Å²) in [5, 5.41) is 2.95. The zero-order valence-corrected chi connectivity index (χ0v) is 22.0. The van der Waals surface area contributed by atoms with Crippen molar-refractivity contribution in [2.75, 3.05) is 37.5 Å². The van der Waals surface area contributed by atoms with Gasteiger partial charge in [-0.25, -0.2) is 8.42 Å². The fourth-order valence-electron chi connectivity index (χ4n) is 3.88. The Hall–Kier alpha value is -3.72. The van der Waals surface area contributed by atoms with Crippen LogP contribution in [0.1, 0.15) is 25.0 Å². The Balaban J connectivity index is 2.03. The predicted molar refractivity (Wildman–Crippen MR) is 141 cm³/mol. The minimum Gasteiger partial charge on any atom is -0.497 e. The summed E-state index contributed by atoms with van der Waals surface area (Å²) in [6.45, 7) is 3.59. The Morgan fingerprint density at radius 3 is 1.97 bits per heavy atom. The number of nitrogens with one attached hydrogen (secondary N) is 1. The van der Waals surface area contributed by atoms with E-state index in [4.69, 9.17) is 14.2 Å². The Morgan fingerprint density at radius 2 is 1.44 bits per heavy atom. The Bertz CT molecular complexity index is 1280. The normalized spacial score (nSPS) is 11.0. The number of amides is 1. The molecule has 3 aromatic rings. The van der Waals surface area contributed by atoms with Crippen LogP contribution in [-0.4, -0.2) is 42.2 Å². The van der Waals surface area contributed by atoms with Crippen LogP contribution in [0.5, 0.6) is 17.2 Å². The number of hydrogen-bond acceptors (Lipinski definition) is 6. The largest absolute Gasteiger partial charge is 0.497 e. The molecule has 192 valence electrons. The van der Waals surface area contributed by atoms with Crippen molar-refractivity contribution in [2.45, 2.75) is 31.6 Å². The summed E-state index contributed by atoms with van der Waals surface area (Å²) < 4.78 is 44.4. The quantitative estimate of drug-likeness (QED) is 0.401. The number of hydrogen-bond donors (Lipinski definition) is 1. The third-order valence-corrected chi connectivity index (χ3v) is 7.62. The van der Waals surface area contributed by atoms with Crippen LogP contribution in [0.25, 0.3) is 0 Å². The highest BCUT2D eigenvalue weighted by molar-refractivity contribution is 7.92. The molecule has 8 nitrogen and oxygen atoms in total. The van der Waals surface area contributed by atoms with Crippen molar-refractivity contribution in [1.29, 1.82) is 0 Å². The van der Waals surface area contributed by atoms with Crippen LogP contribution in [-0.2, 0) is 27.7 Å². The summed E-state index contributed by atoms with van der Waals surface area (Å²) in [6.07, 6.45) is 1.46. The maximum absolute atomic E-state index is 13.8. The number of anilines is 2. The van der Waals surface area contributed by atoms with E-state index in [1.165, 1.54) is 39.5 Å². The Kier molecular flexibility index (Phi) is 8.82. The molecule has 0 heterocycles. The summed E-state index contributed by atoms with van der Waals surface area (Å²) in [4.78, 5) is 13.2. The highest BCUT2D eigenvalue weighted by Gasteiger charge is 2.29. The molecule has 0 saturated carbocycles. The third kappa shape index (κ3) is 5.73. The van der Waals surface area contributed by atoms with Gasteiger partial charge in [-0.2, -0.15) is 0 Å². The molecule has 0 fully saturated rings. The van der Waals surface area contributed by atoms with Gasteiger partial charge in [0, 0.05) is 11.8 Å². The van der Waals surface area contributed by atoms with Crippen LogP contribution < -0.4 is 23.8 Å². The van der Waals surface area contributed by atoms with Crippen molar-refractivity contribution < 1.29 is 27.4 Å².